The minimum atomic E-state index is -1.08. The molecule has 0 fully saturated rings. The zero-order valence-electron chi connectivity index (χ0n) is 18.6. The van der Waals surface area contributed by atoms with E-state index in [1.807, 2.05) is 48.5 Å². The highest BCUT2D eigenvalue weighted by molar-refractivity contribution is 5.93. The maximum Gasteiger partial charge on any atom is 0.404 e. The second kappa shape index (κ2) is 10.0. The van der Waals surface area contributed by atoms with Gasteiger partial charge in [-0.3, -0.25) is 4.79 Å². The molecule has 0 aliphatic rings. The van der Waals surface area contributed by atoms with Crippen LogP contribution >= 0.6 is 0 Å². The van der Waals surface area contributed by atoms with Gasteiger partial charge in [0.1, 0.15) is 11.8 Å². The number of carbonyl (C=O) groups excluding carboxylic acids is 1. The van der Waals surface area contributed by atoms with Gasteiger partial charge in [0.2, 0.25) is 11.9 Å². The number of aromatic nitrogens is 4. The van der Waals surface area contributed by atoms with Crippen molar-refractivity contribution in [2.45, 2.75) is 25.3 Å². The van der Waals surface area contributed by atoms with Crippen molar-refractivity contribution in [2.24, 2.45) is 5.73 Å². The molecule has 4 rings (SSSR count). The molecule has 0 saturated heterocycles. The number of amides is 2. The molecular weight excluding hydrogens is 438 g/mol. The van der Waals surface area contributed by atoms with Crippen LogP contribution < -0.4 is 21.1 Å². The first-order valence-corrected chi connectivity index (χ1v) is 10.8. The van der Waals surface area contributed by atoms with Gasteiger partial charge >= 0.3 is 6.09 Å². The molecule has 0 aliphatic carbocycles. The Balaban J connectivity index is 1.68. The van der Waals surface area contributed by atoms with Gasteiger partial charge in [0, 0.05) is 17.5 Å². The minimum absolute atomic E-state index is 0.298. The highest BCUT2D eigenvalue weighted by atomic mass is 16.5. The Labute approximate surface area is 195 Å². The summed E-state index contributed by atoms with van der Waals surface area (Å²) in [5.74, 6) is 0.963. The lowest BCUT2D eigenvalue weighted by Crippen LogP contribution is -2.36. The number of carbonyl (C=O) groups is 2. The number of benzene rings is 2. The number of nitrogens with one attached hydrogen (secondary N) is 2. The molecule has 2 heterocycles. The predicted molar refractivity (Wildman–Crippen MR) is 127 cm³/mol. The molecule has 34 heavy (non-hydrogen) atoms. The largest absolute Gasteiger partial charge is 0.497 e. The number of unbranched alkanes of at least 4 members (excludes halogenated alkanes) is 1. The molecule has 2 amide bonds. The summed E-state index contributed by atoms with van der Waals surface area (Å²) in [6.45, 7) is 0.298. The van der Waals surface area contributed by atoms with Gasteiger partial charge in [0.15, 0.2) is 11.5 Å². The Kier molecular flexibility index (Phi) is 6.72. The molecule has 0 unspecified atom stereocenters. The summed E-state index contributed by atoms with van der Waals surface area (Å²) in [7, 11) is 1.59. The summed E-state index contributed by atoms with van der Waals surface area (Å²) in [4.78, 5) is 32.1. The first-order valence-electron chi connectivity index (χ1n) is 10.8. The van der Waals surface area contributed by atoms with Crippen LogP contribution in [-0.2, 0) is 4.79 Å². The summed E-state index contributed by atoms with van der Waals surface area (Å²) >= 11 is 0. The van der Waals surface area contributed by atoms with Crippen molar-refractivity contribution in [3.8, 4) is 17.1 Å². The third-order valence-corrected chi connectivity index (χ3v) is 5.35. The zero-order valence-corrected chi connectivity index (χ0v) is 18.6. The van der Waals surface area contributed by atoms with E-state index in [9.17, 15) is 9.59 Å². The van der Waals surface area contributed by atoms with E-state index in [0.717, 1.165) is 10.9 Å². The molecule has 1 atom stereocenters. The molecular formula is C23H25N7O4. The minimum Gasteiger partial charge on any atom is -0.497 e. The Morgan fingerprint density at radius 2 is 1.97 bits per heavy atom. The number of rotatable bonds is 10. The quantitative estimate of drug-likeness (QED) is 0.261. The predicted octanol–water partition coefficient (Wildman–Crippen LogP) is 2.66. The third kappa shape index (κ3) is 4.98. The molecule has 0 spiro atoms. The number of fused-ring (bicyclic) bond motifs is 3. The second-order valence-electron chi connectivity index (χ2n) is 7.68. The maximum absolute atomic E-state index is 12.1. The summed E-state index contributed by atoms with van der Waals surface area (Å²) in [5, 5.41) is 19.6. The Morgan fingerprint density at radius 1 is 1.15 bits per heavy atom. The van der Waals surface area contributed by atoms with Crippen LogP contribution in [0.25, 0.3) is 27.9 Å². The lowest BCUT2D eigenvalue weighted by molar-refractivity contribution is -0.118. The molecule has 0 aliphatic heterocycles. The van der Waals surface area contributed by atoms with Gasteiger partial charge in [-0.15, -0.1) is 5.10 Å². The molecule has 5 N–H and O–H groups in total. The zero-order chi connectivity index (χ0) is 24.1. The Hall–Kier alpha value is -4.41. The smallest absolute Gasteiger partial charge is 0.404 e. The van der Waals surface area contributed by atoms with Crippen molar-refractivity contribution in [2.75, 3.05) is 19.0 Å². The monoisotopic (exact) mass is 463 g/mol. The molecule has 0 saturated carbocycles. The second-order valence-corrected chi connectivity index (χ2v) is 7.68. The number of hydrogen-bond donors (Lipinski definition) is 4. The number of carboxylic acid groups (broad SMARTS) is 1. The molecule has 4 aromatic rings. The maximum atomic E-state index is 12.1. The van der Waals surface area contributed by atoms with Crippen molar-refractivity contribution < 1.29 is 19.4 Å². The number of anilines is 1. The average Bonchev–Trinajstić information content (AvgIpc) is 3.29. The van der Waals surface area contributed by atoms with Gasteiger partial charge in [-0.25, -0.2) is 14.8 Å². The fourth-order valence-corrected chi connectivity index (χ4v) is 3.64. The highest BCUT2D eigenvalue weighted by Gasteiger charge is 2.20. The number of nitrogens with zero attached hydrogens (tertiary/aromatic N) is 4. The number of ether oxygens (including phenoxy) is 1. The van der Waals surface area contributed by atoms with Gasteiger partial charge in [0.25, 0.3) is 0 Å². The number of primary amides is 1. The van der Waals surface area contributed by atoms with Crippen molar-refractivity contribution >= 4 is 34.5 Å². The molecule has 0 radical (unpaired) electrons. The van der Waals surface area contributed by atoms with Gasteiger partial charge < -0.3 is 26.2 Å². The number of nitrogens with two attached hydrogens (primary N) is 1. The standard InChI is InChI=1S/C23H25N7O4/c1-34-15-8-6-7-14(13-15)20-28-21-16-9-2-3-10-17(16)26-22(30(21)29-20)27-18(19(24)31)11-4-5-12-25-23(32)33/h2-3,6-10,13,18,25H,4-5,11-12H2,1H3,(H2,24,31)(H,26,27)(H,32,33)/t18-/m0/s1. The topological polar surface area (TPSA) is 157 Å². The average molecular weight is 463 g/mol. The van der Waals surface area contributed by atoms with E-state index in [4.69, 9.17) is 20.6 Å². The number of methoxy groups -OCH3 is 1. The Bertz CT molecular complexity index is 1340. The fraction of sp³-hybridized carbons (Fsp3) is 0.261. The van der Waals surface area contributed by atoms with Gasteiger partial charge in [-0.05, 0) is 43.5 Å². The van der Waals surface area contributed by atoms with Crippen LogP contribution in [0, 0.1) is 0 Å². The summed E-state index contributed by atoms with van der Waals surface area (Å²) in [6.07, 6.45) is 0.487. The van der Waals surface area contributed by atoms with Gasteiger partial charge in [-0.2, -0.15) is 4.52 Å². The van der Waals surface area contributed by atoms with Crippen molar-refractivity contribution in [1.29, 1.82) is 0 Å². The lowest BCUT2D eigenvalue weighted by atomic mass is 10.1. The van der Waals surface area contributed by atoms with Crippen LogP contribution in [0.3, 0.4) is 0 Å². The van der Waals surface area contributed by atoms with Crippen molar-refractivity contribution in [3.05, 3.63) is 48.5 Å². The van der Waals surface area contributed by atoms with Crippen molar-refractivity contribution in [1.82, 2.24) is 24.9 Å². The van der Waals surface area contributed by atoms with Gasteiger partial charge in [-0.1, -0.05) is 24.3 Å². The first kappa shape index (κ1) is 22.8. The lowest BCUT2D eigenvalue weighted by Gasteiger charge is -2.17. The number of para-hydroxylation sites is 1. The molecule has 11 heteroatoms. The molecule has 176 valence electrons. The van der Waals surface area contributed by atoms with Crippen LogP contribution in [-0.4, -0.2) is 56.4 Å². The molecule has 2 aromatic heterocycles. The summed E-state index contributed by atoms with van der Waals surface area (Å²) in [6, 6.07) is 14.2. The summed E-state index contributed by atoms with van der Waals surface area (Å²) < 4.78 is 6.88. The SMILES string of the molecule is COc1cccc(-c2nc3c4ccccc4nc(N[C@@H](CCCCNC(=O)O)C(N)=O)n3n2)c1. The normalized spacial score (nSPS) is 11.9. The van der Waals surface area contributed by atoms with Crippen LogP contribution in [0.15, 0.2) is 48.5 Å². The fourth-order valence-electron chi connectivity index (χ4n) is 3.64. The highest BCUT2D eigenvalue weighted by Crippen LogP contribution is 2.26. The van der Waals surface area contributed by atoms with Crippen LogP contribution in [0.2, 0.25) is 0 Å². The Morgan fingerprint density at radius 3 is 2.74 bits per heavy atom. The number of hydrogen-bond acceptors (Lipinski definition) is 7. The van der Waals surface area contributed by atoms with Crippen molar-refractivity contribution in [3.63, 3.8) is 0 Å². The summed E-state index contributed by atoms with van der Waals surface area (Å²) in [5.41, 5.74) is 7.68. The van der Waals surface area contributed by atoms with E-state index >= 15 is 0 Å². The van der Waals surface area contributed by atoms with E-state index in [1.54, 1.807) is 11.6 Å². The third-order valence-electron chi connectivity index (χ3n) is 5.35. The van der Waals surface area contributed by atoms with Crippen LogP contribution in [0.4, 0.5) is 10.7 Å². The van der Waals surface area contributed by atoms with Crippen LogP contribution in [0.5, 0.6) is 5.75 Å². The van der Waals surface area contributed by atoms with Crippen LogP contribution in [0.1, 0.15) is 19.3 Å². The van der Waals surface area contributed by atoms with E-state index in [1.165, 1.54) is 0 Å². The first-order chi connectivity index (χ1) is 16.5. The molecule has 2 aromatic carbocycles. The van der Waals surface area contributed by atoms with E-state index < -0.39 is 18.0 Å². The molecule has 11 nitrogen and oxygen atoms in total. The van der Waals surface area contributed by atoms with Gasteiger partial charge in [0.05, 0.1) is 12.6 Å². The van der Waals surface area contributed by atoms with E-state index in [-0.39, 0.29) is 0 Å². The molecule has 0 bridgehead atoms. The van der Waals surface area contributed by atoms with E-state index in [2.05, 4.69) is 20.7 Å². The van der Waals surface area contributed by atoms with E-state index in [0.29, 0.717) is 54.5 Å².